The summed E-state index contributed by atoms with van der Waals surface area (Å²) in [5, 5.41) is 4.72. The molecule has 20 heavy (non-hydrogen) atoms. The van der Waals surface area contributed by atoms with E-state index < -0.39 is 0 Å². The van der Waals surface area contributed by atoms with Gasteiger partial charge in [0, 0.05) is 24.0 Å². The summed E-state index contributed by atoms with van der Waals surface area (Å²) < 4.78 is 0. The van der Waals surface area contributed by atoms with Gasteiger partial charge in [0.1, 0.15) is 0 Å². The lowest BCUT2D eigenvalue weighted by molar-refractivity contribution is 0.627. The molecule has 0 bridgehead atoms. The van der Waals surface area contributed by atoms with E-state index in [2.05, 4.69) is 44.8 Å². The van der Waals surface area contributed by atoms with Crippen LogP contribution >= 0.6 is 11.3 Å². The summed E-state index contributed by atoms with van der Waals surface area (Å²) in [6.07, 6.45) is 4.61. The molecule has 116 valence electrons. The number of aryl methyl sites for hydroxylation is 1. The van der Waals surface area contributed by atoms with Gasteiger partial charge >= 0.3 is 0 Å². The average Bonchev–Trinajstić information content (AvgIpc) is 2.83. The van der Waals surface area contributed by atoms with Crippen LogP contribution in [0.4, 0.5) is 5.13 Å². The van der Waals surface area contributed by atoms with Crippen LogP contribution in [0.5, 0.6) is 0 Å². The highest BCUT2D eigenvalue weighted by atomic mass is 32.1. The molecule has 0 aliphatic carbocycles. The van der Waals surface area contributed by atoms with Gasteiger partial charge in [-0.25, -0.2) is 4.98 Å². The number of nitrogens with one attached hydrogen (secondary N) is 1. The quantitative estimate of drug-likeness (QED) is 0.655. The zero-order valence-corrected chi connectivity index (χ0v) is 14.6. The third-order valence-corrected chi connectivity index (χ3v) is 4.81. The number of hydrogen-bond acceptors (Lipinski definition) is 4. The van der Waals surface area contributed by atoms with E-state index in [0.29, 0.717) is 6.04 Å². The maximum absolute atomic E-state index is 4.92. The van der Waals surface area contributed by atoms with E-state index in [0.717, 1.165) is 26.1 Å². The molecule has 0 saturated heterocycles. The second-order valence-electron chi connectivity index (χ2n) is 5.34. The number of anilines is 1. The molecule has 1 rings (SSSR count). The fourth-order valence-corrected chi connectivity index (χ4v) is 3.54. The minimum atomic E-state index is 0.567. The van der Waals surface area contributed by atoms with Gasteiger partial charge in [-0.3, -0.25) is 0 Å². The van der Waals surface area contributed by atoms with Crippen LogP contribution in [-0.4, -0.2) is 24.1 Å². The molecule has 1 unspecified atom stereocenters. The summed E-state index contributed by atoms with van der Waals surface area (Å²) >= 11 is 1.88. The van der Waals surface area contributed by atoms with Crippen LogP contribution in [-0.2, 0) is 13.0 Å². The molecule has 3 nitrogen and oxygen atoms in total. The van der Waals surface area contributed by atoms with Crippen molar-refractivity contribution in [2.75, 3.05) is 18.0 Å². The number of rotatable bonds is 10. The van der Waals surface area contributed by atoms with Gasteiger partial charge in [-0.05, 0) is 39.7 Å². The van der Waals surface area contributed by atoms with E-state index >= 15 is 0 Å². The lowest BCUT2D eigenvalue weighted by Crippen LogP contribution is -2.32. The van der Waals surface area contributed by atoms with Crippen molar-refractivity contribution in [1.82, 2.24) is 10.3 Å². The Bertz CT molecular complexity index is 376. The summed E-state index contributed by atoms with van der Waals surface area (Å²) in [6.45, 7) is 14.3. The topological polar surface area (TPSA) is 28.2 Å². The van der Waals surface area contributed by atoms with Crippen molar-refractivity contribution in [2.45, 2.75) is 72.9 Å². The molecule has 1 atom stereocenters. The first-order chi connectivity index (χ1) is 9.67. The Morgan fingerprint density at radius 3 is 2.50 bits per heavy atom. The van der Waals surface area contributed by atoms with E-state index in [1.54, 1.807) is 0 Å². The van der Waals surface area contributed by atoms with Crippen molar-refractivity contribution in [3.05, 3.63) is 10.6 Å². The minimum Gasteiger partial charge on any atom is -0.346 e. The Hall–Kier alpha value is -0.610. The molecule has 0 aliphatic rings. The van der Waals surface area contributed by atoms with Gasteiger partial charge in [0.2, 0.25) is 0 Å². The highest BCUT2D eigenvalue weighted by molar-refractivity contribution is 7.15. The molecule has 0 radical (unpaired) electrons. The largest absolute Gasteiger partial charge is 0.346 e. The third kappa shape index (κ3) is 4.74. The number of nitrogens with zero attached hydrogens (tertiary/aromatic N) is 2. The first kappa shape index (κ1) is 17.4. The Morgan fingerprint density at radius 1 is 1.20 bits per heavy atom. The molecule has 0 saturated carbocycles. The standard InChI is InChI=1S/C16H31N3S/c1-6-10-14-15(12-17-11-7-2)20-16(18-14)19(9-4)13(5)8-3/h13,17H,6-12H2,1-5H3. The minimum absolute atomic E-state index is 0.567. The molecule has 1 N–H and O–H groups in total. The third-order valence-electron chi connectivity index (χ3n) is 3.68. The van der Waals surface area contributed by atoms with E-state index in [1.165, 1.54) is 35.0 Å². The normalized spacial score (nSPS) is 12.7. The monoisotopic (exact) mass is 297 g/mol. The highest BCUT2D eigenvalue weighted by Crippen LogP contribution is 2.29. The predicted octanol–water partition coefficient (Wildman–Crippen LogP) is 4.22. The van der Waals surface area contributed by atoms with E-state index in [1.807, 2.05) is 11.3 Å². The molecule has 0 spiro atoms. The fourth-order valence-electron chi connectivity index (χ4n) is 2.30. The number of hydrogen-bond donors (Lipinski definition) is 1. The van der Waals surface area contributed by atoms with Crippen LogP contribution in [0.1, 0.15) is 64.5 Å². The van der Waals surface area contributed by atoms with Crippen LogP contribution in [0.3, 0.4) is 0 Å². The smallest absolute Gasteiger partial charge is 0.186 e. The number of aromatic nitrogens is 1. The van der Waals surface area contributed by atoms with Crippen LogP contribution in [0.15, 0.2) is 0 Å². The van der Waals surface area contributed by atoms with Crippen LogP contribution in [0.2, 0.25) is 0 Å². The highest BCUT2D eigenvalue weighted by Gasteiger charge is 2.18. The SMILES string of the molecule is CCCNCc1sc(N(CC)C(C)CC)nc1CCC. The summed E-state index contributed by atoms with van der Waals surface area (Å²) in [6, 6.07) is 0.567. The van der Waals surface area contributed by atoms with Crippen LogP contribution < -0.4 is 10.2 Å². The summed E-state index contributed by atoms with van der Waals surface area (Å²) in [7, 11) is 0. The predicted molar refractivity (Wildman–Crippen MR) is 90.9 cm³/mol. The van der Waals surface area contributed by atoms with Gasteiger partial charge in [-0.2, -0.15) is 0 Å². The summed E-state index contributed by atoms with van der Waals surface area (Å²) in [5.74, 6) is 0. The van der Waals surface area contributed by atoms with Gasteiger partial charge in [-0.1, -0.05) is 27.2 Å². The Kier molecular flexibility index (Phi) is 8.15. The molecule has 1 aromatic heterocycles. The maximum Gasteiger partial charge on any atom is 0.186 e. The first-order valence-corrected chi connectivity index (χ1v) is 8.95. The van der Waals surface area contributed by atoms with Gasteiger partial charge in [0.05, 0.1) is 5.69 Å². The molecule has 0 fully saturated rings. The van der Waals surface area contributed by atoms with Crippen molar-refractivity contribution < 1.29 is 0 Å². The van der Waals surface area contributed by atoms with E-state index in [-0.39, 0.29) is 0 Å². The molecule has 0 amide bonds. The zero-order chi connectivity index (χ0) is 15.0. The molecule has 0 aliphatic heterocycles. The second-order valence-corrected chi connectivity index (χ2v) is 6.40. The second kappa shape index (κ2) is 9.35. The molecule has 1 heterocycles. The summed E-state index contributed by atoms with van der Waals surface area (Å²) in [4.78, 5) is 8.79. The lowest BCUT2D eigenvalue weighted by Gasteiger charge is -2.26. The molecular weight excluding hydrogens is 266 g/mol. The van der Waals surface area contributed by atoms with E-state index in [9.17, 15) is 0 Å². The van der Waals surface area contributed by atoms with Gasteiger partial charge < -0.3 is 10.2 Å². The van der Waals surface area contributed by atoms with Crippen LogP contribution in [0, 0.1) is 0 Å². The Balaban J connectivity index is 2.88. The maximum atomic E-state index is 4.92. The van der Waals surface area contributed by atoms with Gasteiger partial charge in [0.25, 0.3) is 0 Å². The fraction of sp³-hybridized carbons (Fsp3) is 0.812. The molecular formula is C16H31N3S. The molecule has 0 aromatic carbocycles. The van der Waals surface area contributed by atoms with Crippen molar-refractivity contribution in [3.63, 3.8) is 0 Å². The average molecular weight is 298 g/mol. The van der Waals surface area contributed by atoms with Gasteiger partial charge in [0.15, 0.2) is 5.13 Å². The zero-order valence-electron chi connectivity index (χ0n) is 13.8. The van der Waals surface area contributed by atoms with Crippen molar-refractivity contribution >= 4 is 16.5 Å². The number of thiazole rings is 1. The van der Waals surface area contributed by atoms with E-state index in [4.69, 9.17) is 4.98 Å². The van der Waals surface area contributed by atoms with Gasteiger partial charge in [-0.15, -0.1) is 11.3 Å². The Labute approximate surface area is 128 Å². The van der Waals surface area contributed by atoms with Crippen molar-refractivity contribution in [3.8, 4) is 0 Å². The van der Waals surface area contributed by atoms with Crippen LogP contribution in [0.25, 0.3) is 0 Å². The first-order valence-electron chi connectivity index (χ1n) is 8.13. The molecule has 1 aromatic rings. The van der Waals surface area contributed by atoms with Crippen molar-refractivity contribution in [1.29, 1.82) is 0 Å². The Morgan fingerprint density at radius 2 is 1.95 bits per heavy atom. The van der Waals surface area contributed by atoms with Crippen molar-refractivity contribution in [2.24, 2.45) is 0 Å². The lowest BCUT2D eigenvalue weighted by atomic mass is 10.2. The summed E-state index contributed by atoms with van der Waals surface area (Å²) in [5.41, 5.74) is 1.30. The molecule has 4 heteroatoms.